The monoisotopic (exact) mass is 612 g/mol. The zero-order chi connectivity index (χ0) is 29.8. The van der Waals surface area contributed by atoms with E-state index in [1.807, 2.05) is 19.2 Å². The van der Waals surface area contributed by atoms with E-state index in [1.54, 1.807) is 12.1 Å². The number of hydrogen-bond donors (Lipinski definition) is 2. The van der Waals surface area contributed by atoms with Crippen molar-refractivity contribution in [1.29, 1.82) is 0 Å². The summed E-state index contributed by atoms with van der Waals surface area (Å²) in [5.74, 6) is 3.09. The maximum atomic E-state index is 11.9. The number of nitrogens with two attached hydrogens (primary N) is 1. The number of halogens is 1. The van der Waals surface area contributed by atoms with Crippen molar-refractivity contribution in [1.82, 2.24) is 0 Å². The Morgan fingerprint density at radius 1 is 1.24 bits per heavy atom. The maximum absolute atomic E-state index is 11.9. The molecule has 1 fully saturated rings. The zero-order valence-corrected chi connectivity index (χ0v) is 26.6. The topological polar surface area (TPSA) is 85.0 Å². The van der Waals surface area contributed by atoms with Crippen molar-refractivity contribution in [3.05, 3.63) is 69.8 Å². The minimum atomic E-state index is -0.924. The fourth-order valence-corrected chi connectivity index (χ4v) is 8.17. The molecule has 42 heavy (non-hydrogen) atoms. The van der Waals surface area contributed by atoms with Crippen LogP contribution in [0.25, 0.3) is 0 Å². The summed E-state index contributed by atoms with van der Waals surface area (Å²) >= 11 is 7.85. The third kappa shape index (κ3) is 6.64. The predicted octanol–water partition coefficient (Wildman–Crippen LogP) is 7.59. The van der Waals surface area contributed by atoms with Crippen LogP contribution >= 0.6 is 23.5 Å². The summed E-state index contributed by atoms with van der Waals surface area (Å²) < 4.78 is 12.5. The maximum Gasteiger partial charge on any atom is 0.335 e. The molecule has 5 rings (SSSR count). The summed E-state index contributed by atoms with van der Waals surface area (Å²) in [7, 11) is 1.85. The van der Waals surface area contributed by atoms with Gasteiger partial charge in [-0.05, 0) is 96.4 Å². The van der Waals surface area contributed by atoms with E-state index in [4.69, 9.17) is 26.2 Å². The molecule has 1 heterocycles. The van der Waals surface area contributed by atoms with Crippen LogP contribution in [0.3, 0.4) is 0 Å². The molecule has 1 aliphatic heterocycles. The SMILES string of the molecule is CCCc1cc(Cl)ccc1C1COc2ccc(C(=O)O)cc2N(CC2CCC2C(OC)C2=CC(C(CC)CSN)C2)C1. The van der Waals surface area contributed by atoms with Gasteiger partial charge in [0.1, 0.15) is 5.75 Å². The van der Waals surface area contributed by atoms with E-state index in [9.17, 15) is 9.90 Å². The molecular formula is C34H45ClN2O4S. The third-order valence-corrected chi connectivity index (χ3v) is 10.6. The lowest BCUT2D eigenvalue weighted by atomic mass is 9.64. The lowest BCUT2D eigenvalue weighted by molar-refractivity contribution is -0.000228. The Morgan fingerprint density at radius 2 is 2.05 bits per heavy atom. The number of hydrogen-bond acceptors (Lipinski definition) is 6. The highest BCUT2D eigenvalue weighted by atomic mass is 35.5. The molecule has 6 nitrogen and oxygen atoms in total. The van der Waals surface area contributed by atoms with Crippen LogP contribution in [0.2, 0.25) is 5.02 Å². The van der Waals surface area contributed by atoms with Crippen molar-refractivity contribution in [2.24, 2.45) is 28.8 Å². The number of carboxylic acid groups (broad SMARTS) is 1. The fourth-order valence-electron chi connectivity index (χ4n) is 7.25. The molecule has 3 aliphatic rings. The summed E-state index contributed by atoms with van der Waals surface area (Å²) in [6.07, 6.45) is 9.12. The van der Waals surface area contributed by atoms with Crippen LogP contribution in [0.1, 0.15) is 73.4 Å². The van der Waals surface area contributed by atoms with Crippen LogP contribution in [0.5, 0.6) is 5.75 Å². The lowest BCUT2D eigenvalue weighted by Gasteiger charge is -2.47. The van der Waals surface area contributed by atoms with E-state index in [2.05, 4.69) is 37.0 Å². The molecule has 0 bridgehead atoms. The van der Waals surface area contributed by atoms with E-state index in [0.717, 1.165) is 73.8 Å². The number of benzene rings is 2. The molecule has 0 radical (unpaired) electrons. The number of allylic oxidation sites excluding steroid dienone is 1. The Bertz CT molecular complexity index is 1290. The molecule has 228 valence electrons. The van der Waals surface area contributed by atoms with Crippen molar-refractivity contribution in [3.63, 3.8) is 0 Å². The van der Waals surface area contributed by atoms with Crippen molar-refractivity contribution in [3.8, 4) is 5.75 Å². The van der Waals surface area contributed by atoms with Gasteiger partial charge in [-0.15, -0.1) is 0 Å². The van der Waals surface area contributed by atoms with Gasteiger partial charge in [0.2, 0.25) is 0 Å². The molecule has 0 amide bonds. The van der Waals surface area contributed by atoms with Gasteiger partial charge in [0, 0.05) is 36.9 Å². The molecule has 0 aromatic heterocycles. The summed E-state index contributed by atoms with van der Waals surface area (Å²) in [5, 5.41) is 16.3. The quantitative estimate of drug-likeness (QED) is 0.178. The molecule has 0 spiro atoms. The van der Waals surface area contributed by atoms with E-state index in [0.29, 0.717) is 30.3 Å². The van der Waals surface area contributed by atoms with Gasteiger partial charge in [-0.25, -0.2) is 4.79 Å². The third-order valence-electron chi connectivity index (χ3n) is 9.77. The standard InChI is InChI=1S/C34H45ClN2O4S/c1-4-6-22-15-28(35)9-11-29(22)27-18-37(31-16-23(34(38)39)8-12-32(31)41-19-27)17-24-7-10-30(24)33(40-3)26-13-25(14-26)21(5-2)20-42-36/h8-9,11-13,15-16,21,24-25,27,30,33H,4-7,10,14,17-20,36H2,1-3H3,(H,38,39). The summed E-state index contributed by atoms with van der Waals surface area (Å²) in [4.78, 5) is 14.3. The average Bonchev–Trinajstić information content (AvgIpc) is 3.12. The highest BCUT2D eigenvalue weighted by Gasteiger charge is 2.43. The van der Waals surface area contributed by atoms with Gasteiger partial charge in [-0.2, -0.15) is 0 Å². The number of ether oxygens (including phenoxy) is 2. The highest BCUT2D eigenvalue weighted by Crippen LogP contribution is 2.47. The van der Waals surface area contributed by atoms with Crippen molar-refractivity contribution >= 4 is 35.2 Å². The van der Waals surface area contributed by atoms with Crippen LogP contribution < -0.4 is 14.8 Å². The molecule has 6 unspecified atom stereocenters. The van der Waals surface area contributed by atoms with Gasteiger partial charge in [0.15, 0.2) is 0 Å². The first-order chi connectivity index (χ1) is 20.4. The number of carbonyl (C=O) groups is 1. The van der Waals surface area contributed by atoms with E-state index in [1.165, 1.54) is 28.6 Å². The molecule has 6 atom stereocenters. The summed E-state index contributed by atoms with van der Waals surface area (Å²) in [6, 6.07) is 11.5. The molecule has 2 aromatic carbocycles. The molecule has 0 saturated heterocycles. The second kappa shape index (κ2) is 14.1. The van der Waals surface area contributed by atoms with Gasteiger partial charge < -0.3 is 19.5 Å². The largest absolute Gasteiger partial charge is 0.491 e. The van der Waals surface area contributed by atoms with Crippen molar-refractivity contribution < 1.29 is 19.4 Å². The molecule has 3 N–H and O–H groups in total. The Hall–Kier alpha value is -2.19. The number of anilines is 1. The van der Waals surface area contributed by atoms with Crippen LogP contribution in [0.4, 0.5) is 5.69 Å². The first kappa shape index (κ1) is 31.2. The van der Waals surface area contributed by atoms with Crippen molar-refractivity contribution in [2.75, 3.05) is 37.5 Å². The minimum absolute atomic E-state index is 0.138. The van der Waals surface area contributed by atoms with Crippen molar-refractivity contribution in [2.45, 2.75) is 64.4 Å². The van der Waals surface area contributed by atoms with Gasteiger partial charge in [0.25, 0.3) is 0 Å². The number of aryl methyl sites for hydroxylation is 1. The Morgan fingerprint density at radius 3 is 2.69 bits per heavy atom. The van der Waals surface area contributed by atoms with Gasteiger partial charge in [0.05, 0.1) is 24.0 Å². The Labute approximate surface area is 260 Å². The number of aromatic carboxylic acids is 1. The van der Waals surface area contributed by atoms with E-state index in [-0.39, 0.29) is 17.6 Å². The molecule has 8 heteroatoms. The lowest BCUT2D eigenvalue weighted by Crippen LogP contribution is -2.46. The number of rotatable bonds is 13. The number of nitrogens with zero attached hydrogens (tertiary/aromatic N) is 1. The summed E-state index contributed by atoms with van der Waals surface area (Å²) in [6.45, 7) is 6.58. The number of fused-ring (bicyclic) bond motifs is 1. The Kier molecular flexibility index (Phi) is 10.5. The van der Waals surface area contributed by atoms with Gasteiger partial charge in [-0.3, -0.25) is 5.14 Å². The molecule has 2 aliphatic carbocycles. The predicted molar refractivity (Wildman–Crippen MR) is 173 cm³/mol. The van der Waals surface area contributed by atoms with Crippen LogP contribution in [0.15, 0.2) is 48.0 Å². The number of methoxy groups -OCH3 is 1. The van der Waals surface area contributed by atoms with Gasteiger partial charge >= 0.3 is 5.97 Å². The zero-order valence-electron chi connectivity index (χ0n) is 25.1. The average molecular weight is 613 g/mol. The number of carboxylic acids is 1. The summed E-state index contributed by atoms with van der Waals surface area (Å²) in [5.41, 5.74) is 5.13. The fraction of sp³-hybridized carbons (Fsp3) is 0.559. The van der Waals surface area contributed by atoms with E-state index < -0.39 is 5.97 Å². The first-order valence-electron chi connectivity index (χ1n) is 15.4. The molecule has 1 saturated carbocycles. The second-order valence-corrected chi connectivity index (χ2v) is 13.4. The smallest absolute Gasteiger partial charge is 0.335 e. The van der Waals surface area contributed by atoms with Crippen LogP contribution in [-0.2, 0) is 11.2 Å². The minimum Gasteiger partial charge on any atom is -0.491 e. The van der Waals surface area contributed by atoms with Crippen LogP contribution in [0, 0.1) is 23.7 Å². The Balaban J connectivity index is 1.39. The normalized spacial score (nSPS) is 24.8. The van der Waals surface area contributed by atoms with Gasteiger partial charge in [-0.1, -0.05) is 62.4 Å². The molecule has 2 aromatic rings. The first-order valence-corrected chi connectivity index (χ1v) is 16.9. The second-order valence-electron chi connectivity index (χ2n) is 12.3. The molecular weight excluding hydrogens is 568 g/mol. The highest BCUT2D eigenvalue weighted by molar-refractivity contribution is 7.97. The van der Waals surface area contributed by atoms with Crippen LogP contribution in [-0.4, -0.2) is 49.7 Å². The van der Waals surface area contributed by atoms with E-state index >= 15 is 0 Å².